The van der Waals surface area contributed by atoms with Gasteiger partial charge in [-0.1, -0.05) is 0 Å². The monoisotopic (exact) mass is 564 g/mol. The number of ether oxygens (including phenoxy) is 4. The van der Waals surface area contributed by atoms with Crippen LogP contribution in [0, 0.1) is 11.6 Å². The summed E-state index contributed by atoms with van der Waals surface area (Å²) in [5, 5.41) is 4.66. The Morgan fingerprint density at radius 3 is 1.05 bits per heavy atom. The maximum absolute atomic E-state index is 13.3. The van der Waals surface area contributed by atoms with Crippen molar-refractivity contribution in [1.82, 2.24) is 0 Å². The highest BCUT2D eigenvalue weighted by molar-refractivity contribution is 5.98. The molecule has 0 fully saturated rings. The van der Waals surface area contributed by atoms with E-state index in [0.717, 1.165) is 52.0 Å². The van der Waals surface area contributed by atoms with E-state index < -0.39 is 71.7 Å². The van der Waals surface area contributed by atoms with Gasteiger partial charge in [0, 0.05) is 39.1 Å². The minimum atomic E-state index is -2.08. The molecule has 0 spiro atoms. The van der Waals surface area contributed by atoms with Crippen LogP contribution in [-0.2, 0) is 47.7 Å². The van der Waals surface area contributed by atoms with Crippen LogP contribution in [0.3, 0.4) is 0 Å². The Morgan fingerprint density at radius 1 is 0.525 bits per heavy atom. The van der Waals surface area contributed by atoms with Gasteiger partial charge in [0.15, 0.2) is 12.2 Å². The molecule has 0 aromatic heterocycles. The first-order valence-corrected chi connectivity index (χ1v) is 11.6. The quantitative estimate of drug-likeness (QED) is 0.306. The number of halogens is 2. The second-order valence-corrected chi connectivity index (χ2v) is 8.20. The number of amides is 2. The Hall–Kier alpha value is -4.88. The van der Waals surface area contributed by atoms with E-state index in [1.165, 1.54) is 24.3 Å². The number of anilines is 2. The average Bonchev–Trinajstić information content (AvgIpc) is 2.85. The molecule has 0 aliphatic carbocycles. The Balaban J connectivity index is 2.58. The van der Waals surface area contributed by atoms with Crippen molar-refractivity contribution in [2.24, 2.45) is 0 Å². The summed E-state index contributed by atoms with van der Waals surface area (Å²) in [5.74, 6) is -7.70. The van der Waals surface area contributed by atoms with Crippen molar-refractivity contribution in [3.05, 3.63) is 60.2 Å². The van der Waals surface area contributed by atoms with Gasteiger partial charge in [0.25, 0.3) is 11.8 Å². The average molecular weight is 564 g/mol. The highest BCUT2D eigenvalue weighted by Gasteiger charge is 2.49. The minimum absolute atomic E-state index is 0.0414. The zero-order valence-corrected chi connectivity index (χ0v) is 21.8. The SMILES string of the molecule is CC(=O)O[C@@H]([C@H](OC(C)=O)[C@@H](OC(C)=O)C(=O)Nc1ccc(F)cc1)[C@H](OC(C)=O)C(=O)Nc1ccc(F)cc1. The van der Waals surface area contributed by atoms with Crippen molar-refractivity contribution < 1.29 is 56.5 Å². The maximum atomic E-state index is 13.3. The fourth-order valence-electron chi connectivity index (χ4n) is 3.38. The molecule has 0 saturated heterocycles. The van der Waals surface area contributed by atoms with Crippen LogP contribution >= 0.6 is 0 Å². The number of nitrogens with one attached hydrogen (secondary N) is 2. The number of esters is 4. The molecule has 214 valence electrons. The van der Waals surface area contributed by atoms with Gasteiger partial charge in [-0.05, 0) is 48.5 Å². The molecule has 4 atom stereocenters. The molecule has 0 bridgehead atoms. The van der Waals surface area contributed by atoms with E-state index in [0.29, 0.717) is 0 Å². The molecule has 0 aliphatic heterocycles. The number of hydrogen-bond acceptors (Lipinski definition) is 10. The third-order valence-electron chi connectivity index (χ3n) is 4.85. The first-order chi connectivity index (χ1) is 18.8. The number of benzene rings is 2. The largest absolute Gasteiger partial charge is 0.454 e. The zero-order valence-electron chi connectivity index (χ0n) is 21.8. The van der Waals surface area contributed by atoms with Crippen LogP contribution in [-0.4, -0.2) is 60.1 Å². The van der Waals surface area contributed by atoms with Gasteiger partial charge < -0.3 is 29.6 Å². The molecule has 14 heteroatoms. The van der Waals surface area contributed by atoms with Gasteiger partial charge in [0.05, 0.1) is 0 Å². The van der Waals surface area contributed by atoms with Gasteiger partial charge in [0.1, 0.15) is 11.6 Å². The van der Waals surface area contributed by atoms with Crippen LogP contribution < -0.4 is 10.6 Å². The van der Waals surface area contributed by atoms with Gasteiger partial charge in [-0.25, -0.2) is 8.78 Å². The lowest BCUT2D eigenvalue weighted by Gasteiger charge is -2.34. The lowest BCUT2D eigenvalue weighted by atomic mass is 10.00. The zero-order chi connectivity index (χ0) is 30.0. The highest BCUT2D eigenvalue weighted by Crippen LogP contribution is 2.23. The molecule has 0 saturated carbocycles. The Labute approximate surface area is 226 Å². The van der Waals surface area contributed by atoms with Gasteiger partial charge in [0.2, 0.25) is 12.2 Å². The van der Waals surface area contributed by atoms with Crippen LogP contribution in [0.25, 0.3) is 0 Å². The van der Waals surface area contributed by atoms with Crippen LogP contribution in [0.15, 0.2) is 48.5 Å². The number of hydrogen-bond donors (Lipinski definition) is 2. The molecule has 2 aromatic rings. The lowest BCUT2D eigenvalue weighted by Crippen LogP contribution is -2.57. The molecule has 2 N–H and O–H groups in total. The van der Waals surface area contributed by atoms with E-state index in [1.54, 1.807) is 0 Å². The van der Waals surface area contributed by atoms with Crippen molar-refractivity contribution >= 4 is 47.1 Å². The third-order valence-corrected chi connectivity index (χ3v) is 4.85. The van der Waals surface area contributed by atoms with E-state index >= 15 is 0 Å². The normalized spacial score (nSPS) is 13.4. The van der Waals surface area contributed by atoms with E-state index in [-0.39, 0.29) is 11.4 Å². The van der Waals surface area contributed by atoms with E-state index in [2.05, 4.69) is 10.6 Å². The highest BCUT2D eigenvalue weighted by atomic mass is 19.1. The molecular formula is C26H26F2N2O10. The standard InChI is InChI=1S/C26H26F2N2O10/c1-13(31)37-21(23(39-15(3)33)25(35)29-19-9-5-17(27)6-10-19)22(38-14(2)32)24(40-16(4)34)26(36)30-20-11-7-18(28)8-12-20/h5-12,21-24H,1-4H3,(H,29,35)(H,30,36)/t21-,22-,23-,24+/m0/s1. The first-order valence-electron chi connectivity index (χ1n) is 11.6. The topological polar surface area (TPSA) is 163 Å². The second-order valence-electron chi connectivity index (χ2n) is 8.20. The summed E-state index contributed by atoms with van der Waals surface area (Å²) in [5.41, 5.74) is 0.0829. The number of rotatable bonds is 11. The van der Waals surface area contributed by atoms with Crippen molar-refractivity contribution in [1.29, 1.82) is 0 Å². The first kappa shape index (κ1) is 31.3. The Bertz CT molecular complexity index is 1150. The van der Waals surface area contributed by atoms with Crippen molar-refractivity contribution in [3.63, 3.8) is 0 Å². The van der Waals surface area contributed by atoms with Gasteiger partial charge >= 0.3 is 23.9 Å². The third kappa shape index (κ3) is 9.78. The van der Waals surface area contributed by atoms with Gasteiger partial charge in [-0.2, -0.15) is 0 Å². The molecule has 2 aromatic carbocycles. The van der Waals surface area contributed by atoms with Gasteiger partial charge in [-0.15, -0.1) is 0 Å². The van der Waals surface area contributed by atoms with Crippen LogP contribution in [0.5, 0.6) is 0 Å². The molecule has 0 unspecified atom stereocenters. The van der Waals surface area contributed by atoms with Gasteiger partial charge in [-0.3, -0.25) is 28.8 Å². The van der Waals surface area contributed by atoms with Crippen molar-refractivity contribution in [2.45, 2.75) is 52.1 Å². The molecular weight excluding hydrogens is 538 g/mol. The summed E-state index contributed by atoms with van der Waals surface area (Å²) in [6, 6.07) is 8.83. The van der Waals surface area contributed by atoms with E-state index in [9.17, 15) is 37.5 Å². The molecule has 2 amide bonds. The molecule has 40 heavy (non-hydrogen) atoms. The fourth-order valence-corrected chi connectivity index (χ4v) is 3.38. The van der Waals surface area contributed by atoms with Crippen LogP contribution in [0.1, 0.15) is 27.7 Å². The molecule has 0 aliphatic rings. The molecule has 2 rings (SSSR count). The fraction of sp³-hybridized carbons (Fsp3) is 0.308. The summed E-state index contributed by atoms with van der Waals surface area (Å²) in [7, 11) is 0. The summed E-state index contributed by atoms with van der Waals surface area (Å²) < 4.78 is 47.2. The molecule has 12 nitrogen and oxygen atoms in total. The van der Waals surface area contributed by atoms with Crippen molar-refractivity contribution in [3.8, 4) is 0 Å². The molecule has 0 heterocycles. The summed E-state index contributed by atoms with van der Waals surface area (Å²) in [6.07, 6.45) is -8.25. The van der Waals surface area contributed by atoms with Crippen LogP contribution in [0.2, 0.25) is 0 Å². The Kier molecular flexibility index (Phi) is 11.2. The summed E-state index contributed by atoms with van der Waals surface area (Å²) >= 11 is 0. The molecule has 0 radical (unpaired) electrons. The summed E-state index contributed by atoms with van der Waals surface area (Å²) in [4.78, 5) is 74.5. The van der Waals surface area contributed by atoms with E-state index in [1.807, 2.05) is 0 Å². The Morgan fingerprint density at radius 2 is 0.800 bits per heavy atom. The smallest absolute Gasteiger partial charge is 0.303 e. The lowest BCUT2D eigenvalue weighted by molar-refractivity contribution is -0.198. The van der Waals surface area contributed by atoms with Crippen LogP contribution in [0.4, 0.5) is 20.2 Å². The van der Waals surface area contributed by atoms with E-state index in [4.69, 9.17) is 18.9 Å². The number of carbonyl (C=O) groups is 6. The summed E-state index contributed by atoms with van der Waals surface area (Å²) in [6.45, 7) is 3.68. The van der Waals surface area contributed by atoms with Crippen molar-refractivity contribution in [2.75, 3.05) is 10.6 Å². The number of carbonyl (C=O) groups excluding carboxylic acids is 6. The maximum Gasteiger partial charge on any atom is 0.303 e. The second kappa shape index (κ2) is 14.3. The predicted octanol–water partition coefficient (Wildman–Crippen LogP) is 2.27. The predicted molar refractivity (Wildman–Crippen MR) is 132 cm³/mol. The minimum Gasteiger partial charge on any atom is -0.454 e.